The van der Waals surface area contributed by atoms with Crippen molar-refractivity contribution in [1.82, 2.24) is 0 Å². The Morgan fingerprint density at radius 1 is 1.11 bits per heavy atom. The predicted octanol–water partition coefficient (Wildman–Crippen LogP) is 2.54. The number of anilines is 1. The van der Waals surface area contributed by atoms with Crippen LogP contribution in [-0.4, -0.2) is 12.5 Å². The quantitative estimate of drug-likeness (QED) is 0.863. The maximum absolute atomic E-state index is 11.1. The average Bonchev–Trinajstić information content (AvgIpc) is 2.47. The van der Waals surface area contributed by atoms with Gasteiger partial charge in [-0.2, -0.15) is 0 Å². The summed E-state index contributed by atoms with van der Waals surface area (Å²) in [6.45, 7) is 0.924. The second kappa shape index (κ2) is 4.76. The van der Waals surface area contributed by atoms with Gasteiger partial charge in [0, 0.05) is 23.7 Å². The minimum Gasteiger partial charge on any atom is -0.384 e. The molecule has 3 heteroatoms. The molecule has 0 saturated carbocycles. The van der Waals surface area contributed by atoms with E-state index in [-0.39, 0.29) is 5.91 Å². The van der Waals surface area contributed by atoms with Crippen LogP contribution in [0, 0.1) is 0 Å². The number of benzene rings is 2. The number of para-hydroxylation sites is 1. The van der Waals surface area contributed by atoms with E-state index in [2.05, 4.69) is 23.5 Å². The van der Waals surface area contributed by atoms with Crippen LogP contribution in [-0.2, 0) is 6.42 Å². The number of nitrogens with two attached hydrogens (primary N) is 1. The van der Waals surface area contributed by atoms with Gasteiger partial charge in [-0.15, -0.1) is 0 Å². The molecule has 2 aromatic rings. The molecule has 1 atom stereocenters. The molecule has 0 saturated heterocycles. The summed E-state index contributed by atoms with van der Waals surface area (Å²) in [7, 11) is 0. The van der Waals surface area contributed by atoms with Gasteiger partial charge in [0.15, 0.2) is 0 Å². The molecule has 0 bridgehead atoms. The Bertz CT molecular complexity index is 604. The topological polar surface area (TPSA) is 55.1 Å². The van der Waals surface area contributed by atoms with E-state index in [0.29, 0.717) is 11.5 Å². The number of rotatable bonds is 2. The lowest BCUT2D eigenvalue weighted by Crippen LogP contribution is -2.21. The fraction of sp³-hybridized carbons (Fsp3) is 0.188. The van der Waals surface area contributed by atoms with Crippen LogP contribution in [0.2, 0.25) is 0 Å². The molecule has 1 unspecified atom stereocenters. The van der Waals surface area contributed by atoms with Crippen molar-refractivity contribution < 1.29 is 4.79 Å². The van der Waals surface area contributed by atoms with Gasteiger partial charge >= 0.3 is 0 Å². The van der Waals surface area contributed by atoms with E-state index in [1.807, 2.05) is 18.2 Å². The summed E-state index contributed by atoms with van der Waals surface area (Å²) in [5, 5.41) is 3.46. The van der Waals surface area contributed by atoms with Gasteiger partial charge in [-0.25, -0.2) is 0 Å². The number of hydrogen-bond acceptors (Lipinski definition) is 2. The molecule has 1 amide bonds. The van der Waals surface area contributed by atoms with Gasteiger partial charge in [0.05, 0.1) is 0 Å². The third kappa shape index (κ3) is 2.32. The summed E-state index contributed by atoms with van der Waals surface area (Å²) < 4.78 is 0. The van der Waals surface area contributed by atoms with Crippen LogP contribution < -0.4 is 11.1 Å². The van der Waals surface area contributed by atoms with Gasteiger partial charge < -0.3 is 11.1 Å². The fourth-order valence-corrected chi connectivity index (χ4v) is 2.60. The first-order valence-corrected chi connectivity index (χ1v) is 6.45. The highest BCUT2D eigenvalue weighted by Crippen LogP contribution is 2.30. The Balaban J connectivity index is 1.83. The second-order valence-corrected chi connectivity index (χ2v) is 4.93. The summed E-state index contributed by atoms with van der Waals surface area (Å²) in [6.07, 6.45) is 1.03. The number of carbonyl (C=O) groups is 1. The van der Waals surface area contributed by atoms with Crippen molar-refractivity contribution in [3.63, 3.8) is 0 Å². The molecule has 3 nitrogen and oxygen atoms in total. The lowest BCUT2D eigenvalue weighted by atomic mass is 9.88. The average molecular weight is 252 g/mol. The first-order valence-electron chi connectivity index (χ1n) is 6.45. The predicted molar refractivity (Wildman–Crippen MR) is 76.3 cm³/mol. The third-order valence-corrected chi connectivity index (χ3v) is 3.69. The van der Waals surface area contributed by atoms with Gasteiger partial charge in [-0.1, -0.05) is 30.3 Å². The van der Waals surface area contributed by atoms with Crippen LogP contribution in [0.1, 0.15) is 27.4 Å². The first kappa shape index (κ1) is 11.8. The van der Waals surface area contributed by atoms with Crippen LogP contribution >= 0.6 is 0 Å². The minimum absolute atomic E-state index is 0.376. The minimum atomic E-state index is -0.376. The molecular weight excluding hydrogens is 236 g/mol. The van der Waals surface area contributed by atoms with Gasteiger partial charge in [0.25, 0.3) is 0 Å². The van der Waals surface area contributed by atoms with E-state index in [0.717, 1.165) is 13.0 Å². The van der Waals surface area contributed by atoms with Gasteiger partial charge in [-0.3, -0.25) is 4.79 Å². The van der Waals surface area contributed by atoms with E-state index < -0.39 is 0 Å². The lowest BCUT2D eigenvalue weighted by Gasteiger charge is -2.26. The Morgan fingerprint density at radius 3 is 2.58 bits per heavy atom. The number of carbonyl (C=O) groups excluding carboxylic acids is 1. The number of hydrogen-bond donors (Lipinski definition) is 2. The normalized spacial score (nSPS) is 17.4. The highest BCUT2D eigenvalue weighted by Gasteiger charge is 2.19. The van der Waals surface area contributed by atoms with Gasteiger partial charge in [-0.05, 0) is 35.7 Å². The van der Waals surface area contributed by atoms with E-state index in [1.165, 1.54) is 16.8 Å². The Hall–Kier alpha value is -2.29. The summed E-state index contributed by atoms with van der Waals surface area (Å²) in [4.78, 5) is 11.1. The fourth-order valence-electron chi connectivity index (χ4n) is 2.60. The molecule has 0 spiro atoms. The van der Waals surface area contributed by atoms with Crippen LogP contribution in [0.5, 0.6) is 0 Å². The van der Waals surface area contributed by atoms with Crippen LogP contribution in [0.4, 0.5) is 5.69 Å². The molecule has 1 aliphatic heterocycles. The molecule has 0 fully saturated rings. The zero-order valence-corrected chi connectivity index (χ0v) is 10.6. The molecule has 96 valence electrons. The van der Waals surface area contributed by atoms with E-state index >= 15 is 0 Å². The molecule has 19 heavy (non-hydrogen) atoms. The summed E-state index contributed by atoms with van der Waals surface area (Å²) in [5.74, 6) is 0.0653. The van der Waals surface area contributed by atoms with Crippen LogP contribution in [0.3, 0.4) is 0 Å². The molecule has 0 radical (unpaired) electrons. The highest BCUT2D eigenvalue weighted by molar-refractivity contribution is 5.92. The number of fused-ring (bicyclic) bond motifs is 1. The lowest BCUT2D eigenvalue weighted by molar-refractivity contribution is 0.100. The SMILES string of the molecule is NC(=O)c1ccc(C2CNc3ccccc3C2)cc1. The Labute approximate surface area is 112 Å². The molecule has 1 heterocycles. The number of amides is 1. The van der Waals surface area contributed by atoms with Crippen molar-refractivity contribution in [3.05, 3.63) is 65.2 Å². The van der Waals surface area contributed by atoms with Crippen LogP contribution in [0.25, 0.3) is 0 Å². The maximum atomic E-state index is 11.1. The van der Waals surface area contributed by atoms with Crippen molar-refractivity contribution in [3.8, 4) is 0 Å². The Morgan fingerprint density at radius 2 is 1.84 bits per heavy atom. The van der Waals surface area contributed by atoms with E-state index in [4.69, 9.17) is 5.73 Å². The summed E-state index contributed by atoms with van der Waals surface area (Å²) >= 11 is 0. The zero-order valence-electron chi connectivity index (χ0n) is 10.6. The number of nitrogens with one attached hydrogen (secondary N) is 1. The zero-order chi connectivity index (χ0) is 13.2. The standard InChI is InChI=1S/C16H16N2O/c17-16(19)12-7-5-11(6-8-12)14-9-13-3-1-2-4-15(13)18-10-14/h1-8,14,18H,9-10H2,(H2,17,19). The van der Waals surface area contributed by atoms with E-state index in [1.54, 1.807) is 12.1 Å². The molecule has 3 N–H and O–H groups in total. The van der Waals surface area contributed by atoms with Crippen molar-refractivity contribution in [2.24, 2.45) is 5.73 Å². The van der Waals surface area contributed by atoms with Crippen LogP contribution in [0.15, 0.2) is 48.5 Å². The summed E-state index contributed by atoms with van der Waals surface area (Å²) in [6, 6.07) is 16.0. The second-order valence-electron chi connectivity index (χ2n) is 4.93. The van der Waals surface area contributed by atoms with Gasteiger partial charge in [0.2, 0.25) is 5.91 Å². The van der Waals surface area contributed by atoms with Crippen molar-refractivity contribution in [2.75, 3.05) is 11.9 Å². The van der Waals surface area contributed by atoms with Gasteiger partial charge in [0.1, 0.15) is 0 Å². The van der Waals surface area contributed by atoms with Crippen molar-refractivity contribution in [2.45, 2.75) is 12.3 Å². The molecule has 0 aromatic heterocycles. The largest absolute Gasteiger partial charge is 0.384 e. The molecular formula is C16H16N2O. The van der Waals surface area contributed by atoms with Crippen molar-refractivity contribution >= 4 is 11.6 Å². The maximum Gasteiger partial charge on any atom is 0.248 e. The number of primary amides is 1. The monoisotopic (exact) mass is 252 g/mol. The third-order valence-electron chi connectivity index (χ3n) is 3.69. The molecule has 3 rings (SSSR count). The molecule has 0 aliphatic carbocycles. The van der Waals surface area contributed by atoms with Crippen molar-refractivity contribution in [1.29, 1.82) is 0 Å². The highest BCUT2D eigenvalue weighted by atomic mass is 16.1. The van der Waals surface area contributed by atoms with E-state index in [9.17, 15) is 4.79 Å². The first-order chi connectivity index (χ1) is 9.24. The Kier molecular flexibility index (Phi) is 2.95. The summed E-state index contributed by atoms with van der Waals surface area (Å²) in [5.41, 5.74) is 9.63. The molecule has 1 aliphatic rings. The smallest absolute Gasteiger partial charge is 0.248 e. The molecule has 2 aromatic carbocycles.